The Morgan fingerprint density at radius 3 is 2.47 bits per heavy atom. The molecule has 4 aromatic rings. The normalized spacial score (nSPS) is 10.8. The van der Waals surface area contributed by atoms with Gasteiger partial charge in [0.2, 0.25) is 0 Å². The number of phenolic OH excluding ortho intramolecular Hbond substituents is 2. The highest BCUT2D eigenvalue weighted by atomic mass is 16.3. The van der Waals surface area contributed by atoms with Crippen LogP contribution in [0.5, 0.6) is 11.5 Å². The molecule has 4 N–H and O–H groups in total. The standard InChI is InChI=1S/C23H19N3O4/c27-16-5-3-4-14(12-16)9-11-25-20-21(23(30)22(20)29)26-15-7-8-19(28)17(13-15)18-6-1-2-10-24-18/h1-8,10,12-13,25-28H,9,11H2. The molecule has 7 heteroatoms. The van der Waals surface area contributed by atoms with E-state index in [2.05, 4.69) is 15.6 Å². The maximum atomic E-state index is 12.1. The number of nitrogens with zero attached hydrogens (tertiary/aromatic N) is 1. The summed E-state index contributed by atoms with van der Waals surface area (Å²) < 4.78 is 0. The highest BCUT2D eigenvalue weighted by molar-refractivity contribution is 5.81. The van der Waals surface area contributed by atoms with Gasteiger partial charge in [-0.05, 0) is 54.4 Å². The molecular weight excluding hydrogens is 382 g/mol. The quantitative estimate of drug-likeness (QED) is 0.278. The van der Waals surface area contributed by atoms with E-state index in [1.54, 1.807) is 48.7 Å². The molecule has 3 aromatic carbocycles. The fourth-order valence-corrected chi connectivity index (χ4v) is 3.21. The van der Waals surface area contributed by atoms with Crippen molar-refractivity contribution in [2.75, 3.05) is 17.2 Å². The van der Waals surface area contributed by atoms with Gasteiger partial charge in [-0.2, -0.15) is 0 Å². The van der Waals surface area contributed by atoms with E-state index in [1.807, 2.05) is 12.1 Å². The second-order valence-corrected chi connectivity index (χ2v) is 6.83. The lowest BCUT2D eigenvalue weighted by Gasteiger charge is -2.16. The van der Waals surface area contributed by atoms with Crippen LogP contribution in [0.25, 0.3) is 11.3 Å². The van der Waals surface area contributed by atoms with Gasteiger partial charge >= 0.3 is 0 Å². The second kappa shape index (κ2) is 8.08. The summed E-state index contributed by atoms with van der Waals surface area (Å²) in [6.07, 6.45) is 2.20. The van der Waals surface area contributed by atoms with E-state index in [9.17, 15) is 19.8 Å². The lowest BCUT2D eigenvalue weighted by molar-refractivity contribution is 0.474. The van der Waals surface area contributed by atoms with Crippen LogP contribution >= 0.6 is 0 Å². The summed E-state index contributed by atoms with van der Waals surface area (Å²) >= 11 is 0. The molecule has 0 spiro atoms. The van der Waals surface area contributed by atoms with Crippen LogP contribution in [0.15, 0.2) is 76.4 Å². The second-order valence-electron chi connectivity index (χ2n) is 6.83. The first kappa shape index (κ1) is 19.2. The number of hydrogen-bond donors (Lipinski definition) is 4. The first-order chi connectivity index (χ1) is 14.5. The van der Waals surface area contributed by atoms with E-state index in [1.165, 1.54) is 6.07 Å². The number of phenols is 2. The largest absolute Gasteiger partial charge is 0.508 e. The van der Waals surface area contributed by atoms with Crippen molar-refractivity contribution < 1.29 is 10.2 Å². The number of anilines is 3. The van der Waals surface area contributed by atoms with Gasteiger partial charge < -0.3 is 20.8 Å². The van der Waals surface area contributed by atoms with Crippen molar-refractivity contribution in [3.05, 3.63) is 92.9 Å². The van der Waals surface area contributed by atoms with Crippen molar-refractivity contribution in [2.45, 2.75) is 6.42 Å². The minimum Gasteiger partial charge on any atom is -0.508 e. The average molecular weight is 401 g/mol. The molecule has 1 heterocycles. The van der Waals surface area contributed by atoms with Crippen LogP contribution in [0.4, 0.5) is 17.1 Å². The lowest BCUT2D eigenvalue weighted by Crippen LogP contribution is -2.37. The van der Waals surface area contributed by atoms with Crippen molar-refractivity contribution in [1.82, 2.24) is 4.98 Å². The predicted molar refractivity (Wildman–Crippen MR) is 116 cm³/mol. The van der Waals surface area contributed by atoms with E-state index in [-0.39, 0.29) is 22.9 Å². The molecule has 1 aromatic heterocycles. The molecule has 0 aliphatic rings. The van der Waals surface area contributed by atoms with E-state index in [0.717, 1.165) is 5.56 Å². The fraction of sp³-hybridized carbons (Fsp3) is 0.0870. The molecule has 0 unspecified atom stereocenters. The van der Waals surface area contributed by atoms with Gasteiger partial charge in [0.05, 0.1) is 5.69 Å². The van der Waals surface area contributed by atoms with Crippen molar-refractivity contribution in [2.24, 2.45) is 0 Å². The third-order valence-electron chi connectivity index (χ3n) is 4.74. The van der Waals surface area contributed by atoms with Crippen LogP contribution in [-0.2, 0) is 6.42 Å². The summed E-state index contributed by atoms with van der Waals surface area (Å²) in [4.78, 5) is 28.3. The molecule has 150 valence electrons. The van der Waals surface area contributed by atoms with Crippen LogP contribution in [-0.4, -0.2) is 21.7 Å². The zero-order chi connectivity index (χ0) is 21.1. The minimum atomic E-state index is -0.595. The number of nitrogens with one attached hydrogen (secondary N) is 2. The SMILES string of the molecule is O=c1c(NCCc2cccc(O)c2)c(Nc2ccc(O)c(-c3ccccn3)c2)c1=O. The summed E-state index contributed by atoms with van der Waals surface area (Å²) in [6.45, 7) is 0.428. The maximum Gasteiger partial charge on any atom is 0.253 e. The monoisotopic (exact) mass is 401 g/mol. The molecule has 0 aliphatic heterocycles. The molecule has 0 bridgehead atoms. The minimum absolute atomic E-state index is 0.0636. The van der Waals surface area contributed by atoms with Gasteiger partial charge in [-0.3, -0.25) is 14.6 Å². The smallest absolute Gasteiger partial charge is 0.253 e. The molecule has 0 fully saturated rings. The van der Waals surface area contributed by atoms with E-state index in [4.69, 9.17) is 0 Å². The van der Waals surface area contributed by atoms with E-state index in [0.29, 0.717) is 29.9 Å². The molecule has 0 radical (unpaired) electrons. The van der Waals surface area contributed by atoms with Gasteiger partial charge in [-0.15, -0.1) is 0 Å². The highest BCUT2D eigenvalue weighted by Crippen LogP contribution is 2.32. The fourth-order valence-electron chi connectivity index (χ4n) is 3.21. The molecule has 30 heavy (non-hydrogen) atoms. The Morgan fingerprint density at radius 2 is 1.70 bits per heavy atom. The molecule has 0 atom stereocenters. The van der Waals surface area contributed by atoms with Gasteiger partial charge in [0.25, 0.3) is 10.9 Å². The third kappa shape index (κ3) is 3.86. The van der Waals surface area contributed by atoms with Crippen LogP contribution in [0.2, 0.25) is 0 Å². The Kier molecular flexibility index (Phi) is 5.17. The molecule has 7 nitrogen and oxygen atoms in total. The summed E-state index contributed by atoms with van der Waals surface area (Å²) in [5.74, 6) is 0.244. The third-order valence-corrected chi connectivity index (χ3v) is 4.74. The van der Waals surface area contributed by atoms with Gasteiger partial charge in [-0.25, -0.2) is 0 Å². The summed E-state index contributed by atoms with van der Waals surface area (Å²) in [6, 6.07) is 17.0. The number of rotatable bonds is 7. The molecule has 0 amide bonds. The topological polar surface area (TPSA) is 112 Å². The Bertz CT molecular complexity index is 1260. The number of benzene rings is 2. The van der Waals surface area contributed by atoms with Crippen LogP contribution in [0.3, 0.4) is 0 Å². The lowest BCUT2D eigenvalue weighted by atomic mass is 10.1. The first-order valence-corrected chi connectivity index (χ1v) is 9.39. The van der Waals surface area contributed by atoms with Crippen LogP contribution in [0, 0.1) is 0 Å². The zero-order valence-corrected chi connectivity index (χ0v) is 15.9. The van der Waals surface area contributed by atoms with E-state index >= 15 is 0 Å². The predicted octanol–water partition coefficient (Wildman–Crippen LogP) is 3.15. The molecule has 4 rings (SSSR count). The Hall–Kier alpha value is -4.13. The number of aromatic nitrogens is 1. The zero-order valence-electron chi connectivity index (χ0n) is 15.9. The number of hydrogen-bond acceptors (Lipinski definition) is 7. The Labute approximate surface area is 172 Å². The number of pyridine rings is 1. The van der Waals surface area contributed by atoms with Gasteiger partial charge in [0, 0.05) is 24.0 Å². The molecule has 0 aliphatic carbocycles. The first-order valence-electron chi connectivity index (χ1n) is 9.39. The van der Waals surface area contributed by atoms with Gasteiger partial charge in [-0.1, -0.05) is 18.2 Å². The van der Waals surface area contributed by atoms with Crippen molar-refractivity contribution in [3.8, 4) is 22.8 Å². The summed E-state index contributed by atoms with van der Waals surface area (Å²) in [5, 5.41) is 25.6. The summed E-state index contributed by atoms with van der Waals surface area (Å²) in [7, 11) is 0. The van der Waals surface area contributed by atoms with E-state index < -0.39 is 10.9 Å². The maximum absolute atomic E-state index is 12.1. The molecule has 0 saturated heterocycles. The summed E-state index contributed by atoms with van der Waals surface area (Å²) in [5.41, 5.74) is 1.82. The Morgan fingerprint density at radius 1 is 0.867 bits per heavy atom. The van der Waals surface area contributed by atoms with Gasteiger partial charge in [0.15, 0.2) is 0 Å². The number of aromatic hydroxyl groups is 2. The molecular formula is C23H19N3O4. The van der Waals surface area contributed by atoms with Gasteiger partial charge in [0.1, 0.15) is 22.9 Å². The van der Waals surface area contributed by atoms with Crippen LogP contribution in [0.1, 0.15) is 5.56 Å². The van der Waals surface area contributed by atoms with Crippen molar-refractivity contribution in [3.63, 3.8) is 0 Å². The van der Waals surface area contributed by atoms with Crippen molar-refractivity contribution >= 4 is 17.1 Å². The average Bonchev–Trinajstić information content (AvgIpc) is 2.77. The van der Waals surface area contributed by atoms with Crippen LogP contribution < -0.4 is 21.5 Å². The Balaban J connectivity index is 1.50. The molecule has 0 saturated carbocycles. The van der Waals surface area contributed by atoms with Crippen molar-refractivity contribution in [1.29, 1.82) is 0 Å². The highest BCUT2D eigenvalue weighted by Gasteiger charge is 2.21.